The third-order valence-electron chi connectivity index (χ3n) is 2.39. The molecule has 0 spiro atoms. The molecule has 4 nitrogen and oxygen atoms in total. The van der Waals surface area contributed by atoms with Crippen molar-refractivity contribution in [1.29, 1.82) is 0 Å². The maximum atomic E-state index is 10.8. The summed E-state index contributed by atoms with van der Waals surface area (Å²) in [6, 6.07) is 7.37. The molecule has 0 radical (unpaired) electrons. The molecule has 0 atom stereocenters. The van der Waals surface area contributed by atoms with Gasteiger partial charge in [0.25, 0.3) is 0 Å². The van der Waals surface area contributed by atoms with Gasteiger partial charge in [0.2, 0.25) is 5.91 Å². The number of nitrogens with zero attached hydrogens (tertiary/aromatic N) is 1. The fraction of sp³-hybridized carbons (Fsp3) is 0.462. The first-order valence-corrected chi connectivity index (χ1v) is 5.82. The molecule has 0 aliphatic rings. The summed E-state index contributed by atoms with van der Waals surface area (Å²) in [4.78, 5) is 10.8. The first-order valence-electron chi connectivity index (χ1n) is 5.82. The number of benzene rings is 1. The number of carbonyl (C=O) groups excluding carboxylic acids is 1. The van der Waals surface area contributed by atoms with Crippen LogP contribution in [0.4, 0.5) is 0 Å². The Bertz CT molecular complexity index is 348. The van der Waals surface area contributed by atoms with Gasteiger partial charge in [0.05, 0.1) is 13.2 Å². The number of hydrogen-bond acceptors (Lipinski definition) is 3. The van der Waals surface area contributed by atoms with Gasteiger partial charge < -0.3 is 4.74 Å². The van der Waals surface area contributed by atoms with E-state index in [1.54, 1.807) is 0 Å². The molecule has 17 heavy (non-hydrogen) atoms. The molecular weight excluding hydrogens is 218 g/mol. The van der Waals surface area contributed by atoms with Gasteiger partial charge in [-0.25, -0.2) is 5.06 Å². The van der Waals surface area contributed by atoms with E-state index in [-0.39, 0.29) is 12.5 Å². The fourth-order valence-electron chi connectivity index (χ4n) is 1.31. The molecule has 1 aromatic rings. The van der Waals surface area contributed by atoms with Crippen LogP contribution >= 0.6 is 0 Å². The summed E-state index contributed by atoms with van der Waals surface area (Å²) in [7, 11) is 0. The van der Waals surface area contributed by atoms with Gasteiger partial charge >= 0.3 is 0 Å². The van der Waals surface area contributed by atoms with Gasteiger partial charge in [0.15, 0.2) is 0 Å². The summed E-state index contributed by atoms with van der Waals surface area (Å²) in [5.74, 6) is 0.447. The molecule has 0 aliphatic carbocycles. The van der Waals surface area contributed by atoms with E-state index >= 15 is 0 Å². The van der Waals surface area contributed by atoms with E-state index in [0.717, 1.165) is 30.8 Å². The summed E-state index contributed by atoms with van der Waals surface area (Å²) in [6.45, 7) is 4.35. The normalized spacial score (nSPS) is 10.1. The summed E-state index contributed by atoms with van der Waals surface area (Å²) < 4.78 is 5.51. The molecule has 0 bridgehead atoms. The van der Waals surface area contributed by atoms with Crippen molar-refractivity contribution in [3.63, 3.8) is 0 Å². The van der Waals surface area contributed by atoms with E-state index in [1.165, 1.54) is 6.92 Å². The van der Waals surface area contributed by atoms with Gasteiger partial charge in [-0.15, -0.1) is 0 Å². The van der Waals surface area contributed by atoms with Crippen LogP contribution < -0.4 is 4.74 Å². The van der Waals surface area contributed by atoms with Crippen molar-refractivity contribution in [2.24, 2.45) is 0 Å². The number of amides is 1. The van der Waals surface area contributed by atoms with Gasteiger partial charge in [0.1, 0.15) is 5.75 Å². The van der Waals surface area contributed by atoms with Crippen LogP contribution in [0.5, 0.6) is 5.75 Å². The van der Waals surface area contributed by atoms with Crippen molar-refractivity contribution in [2.75, 3.05) is 6.61 Å². The fourth-order valence-corrected chi connectivity index (χ4v) is 1.31. The van der Waals surface area contributed by atoms with Crippen molar-refractivity contribution in [1.82, 2.24) is 5.06 Å². The molecule has 0 heterocycles. The molecule has 0 fully saturated rings. The highest BCUT2D eigenvalue weighted by molar-refractivity contribution is 5.71. The highest BCUT2D eigenvalue weighted by Crippen LogP contribution is 2.13. The van der Waals surface area contributed by atoms with E-state index in [4.69, 9.17) is 4.74 Å². The lowest BCUT2D eigenvalue weighted by atomic mass is 10.2. The van der Waals surface area contributed by atoms with Gasteiger partial charge in [-0.05, 0) is 24.1 Å². The van der Waals surface area contributed by atoms with Gasteiger partial charge in [-0.1, -0.05) is 25.5 Å². The monoisotopic (exact) mass is 237 g/mol. The van der Waals surface area contributed by atoms with Crippen molar-refractivity contribution in [3.05, 3.63) is 29.8 Å². The van der Waals surface area contributed by atoms with Crippen molar-refractivity contribution in [3.8, 4) is 5.75 Å². The lowest BCUT2D eigenvalue weighted by Gasteiger charge is -2.12. The Morgan fingerprint density at radius 2 is 2.00 bits per heavy atom. The molecule has 0 saturated carbocycles. The number of unbranched alkanes of at least 4 members (excludes halogenated alkanes) is 1. The summed E-state index contributed by atoms with van der Waals surface area (Å²) in [5.41, 5.74) is 0.866. The van der Waals surface area contributed by atoms with E-state index in [2.05, 4.69) is 6.92 Å². The summed E-state index contributed by atoms with van der Waals surface area (Å²) in [6.07, 6.45) is 2.15. The molecule has 1 N–H and O–H groups in total. The standard InChI is InChI=1S/C13H19NO3/c1-3-4-9-17-13-7-5-12(6-8-13)10-14(16)11(2)15/h5-8,16H,3-4,9-10H2,1-2H3. The molecule has 0 saturated heterocycles. The maximum absolute atomic E-state index is 10.8. The second-order valence-electron chi connectivity index (χ2n) is 3.92. The number of carbonyl (C=O) groups is 1. The molecule has 0 aliphatic heterocycles. The smallest absolute Gasteiger partial charge is 0.243 e. The van der Waals surface area contributed by atoms with Gasteiger partial charge in [-0.2, -0.15) is 0 Å². The zero-order valence-electron chi connectivity index (χ0n) is 10.3. The minimum atomic E-state index is -0.367. The molecule has 0 unspecified atom stereocenters. The topological polar surface area (TPSA) is 49.8 Å². The Morgan fingerprint density at radius 1 is 1.35 bits per heavy atom. The van der Waals surface area contributed by atoms with Crippen LogP contribution in [0, 0.1) is 0 Å². The second kappa shape index (κ2) is 6.91. The second-order valence-corrected chi connectivity index (χ2v) is 3.92. The van der Waals surface area contributed by atoms with Crippen molar-refractivity contribution >= 4 is 5.91 Å². The van der Waals surface area contributed by atoms with Crippen LogP contribution in [0.2, 0.25) is 0 Å². The van der Waals surface area contributed by atoms with E-state index in [9.17, 15) is 10.0 Å². The third kappa shape index (κ3) is 4.87. The van der Waals surface area contributed by atoms with Crippen LogP contribution in [-0.2, 0) is 11.3 Å². The van der Waals surface area contributed by atoms with Crippen LogP contribution in [0.25, 0.3) is 0 Å². The van der Waals surface area contributed by atoms with Crippen LogP contribution in [0.3, 0.4) is 0 Å². The third-order valence-corrected chi connectivity index (χ3v) is 2.39. The van der Waals surface area contributed by atoms with Gasteiger partial charge in [0, 0.05) is 6.92 Å². The Morgan fingerprint density at radius 3 is 2.53 bits per heavy atom. The Kier molecular flexibility index (Phi) is 5.49. The predicted octanol–water partition coefficient (Wildman–Crippen LogP) is 2.60. The average Bonchev–Trinajstić information content (AvgIpc) is 2.31. The van der Waals surface area contributed by atoms with E-state index < -0.39 is 0 Å². The average molecular weight is 237 g/mol. The molecule has 94 valence electrons. The zero-order valence-corrected chi connectivity index (χ0v) is 10.3. The first kappa shape index (κ1) is 13.5. The predicted molar refractivity (Wildman–Crippen MR) is 64.9 cm³/mol. The molecule has 4 heteroatoms. The molecule has 1 amide bonds. The highest BCUT2D eigenvalue weighted by Gasteiger charge is 2.05. The quantitative estimate of drug-likeness (QED) is 0.470. The summed E-state index contributed by atoms with van der Waals surface area (Å²) >= 11 is 0. The minimum absolute atomic E-state index is 0.199. The lowest BCUT2D eigenvalue weighted by molar-refractivity contribution is -0.165. The van der Waals surface area contributed by atoms with Crippen LogP contribution in [-0.4, -0.2) is 22.8 Å². The molecule has 1 rings (SSSR count). The first-order chi connectivity index (χ1) is 8.13. The molecule has 1 aromatic carbocycles. The van der Waals surface area contributed by atoms with Crippen molar-refractivity contribution < 1.29 is 14.7 Å². The highest BCUT2D eigenvalue weighted by atomic mass is 16.5. The van der Waals surface area contributed by atoms with Crippen LogP contribution in [0.15, 0.2) is 24.3 Å². The number of ether oxygens (including phenoxy) is 1. The Balaban J connectivity index is 2.47. The number of hydroxylamine groups is 2. The van der Waals surface area contributed by atoms with E-state index in [1.807, 2.05) is 24.3 Å². The number of rotatable bonds is 6. The van der Waals surface area contributed by atoms with E-state index in [0.29, 0.717) is 5.06 Å². The number of hydrogen-bond donors (Lipinski definition) is 1. The van der Waals surface area contributed by atoms with Gasteiger partial charge in [-0.3, -0.25) is 10.0 Å². The summed E-state index contributed by atoms with van der Waals surface area (Å²) in [5, 5.41) is 9.96. The minimum Gasteiger partial charge on any atom is -0.494 e. The SMILES string of the molecule is CCCCOc1ccc(CN(O)C(C)=O)cc1. The largest absolute Gasteiger partial charge is 0.494 e. The molecular formula is C13H19NO3. The lowest BCUT2D eigenvalue weighted by Crippen LogP contribution is -2.23. The van der Waals surface area contributed by atoms with Crippen LogP contribution in [0.1, 0.15) is 32.3 Å². The molecule has 0 aromatic heterocycles. The zero-order chi connectivity index (χ0) is 12.7. The Labute approximate surface area is 102 Å². The van der Waals surface area contributed by atoms with Crippen molar-refractivity contribution in [2.45, 2.75) is 33.2 Å². The maximum Gasteiger partial charge on any atom is 0.243 e. The Hall–Kier alpha value is -1.55.